The fourth-order valence-electron chi connectivity index (χ4n) is 2.83. The molecular weight excluding hydrogens is 288 g/mol. The van der Waals surface area contributed by atoms with E-state index in [1.165, 1.54) is 16.9 Å². The quantitative estimate of drug-likeness (QED) is 0.838. The van der Waals surface area contributed by atoms with E-state index in [-0.39, 0.29) is 11.1 Å². The van der Waals surface area contributed by atoms with Gasteiger partial charge in [-0.25, -0.2) is 13.1 Å². The lowest BCUT2D eigenvalue weighted by molar-refractivity contribution is 0.501. The van der Waals surface area contributed by atoms with E-state index < -0.39 is 10.0 Å². The molecule has 0 radical (unpaired) electrons. The number of fused-ring (bicyclic) bond motifs is 1. The molecule has 21 heavy (non-hydrogen) atoms. The maximum Gasteiger partial charge on any atom is 0.258 e. The monoisotopic (exact) mass is 306 g/mol. The van der Waals surface area contributed by atoms with Gasteiger partial charge in [0.1, 0.15) is 0 Å². The summed E-state index contributed by atoms with van der Waals surface area (Å²) in [6.07, 6.45) is 4.14. The third-order valence-corrected chi connectivity index (χ3v) is 5.38. The Morgan fingerprint density at radius 2 is 2.19 bits per heavy atom. The van der Waals surface area contributed by atoms with E-state index in [4.69, 9.17) is 5.73 Å². The van der Waals surface area contributed by atoms with Crippen molar-refractivity contribution >= 4 is 15.7 Å². The number of aryl methyl sites for hydroxylation is 2. The lowest BCUT2D eigenvalue weighted by atomic mass is 9.88. The molecule has 0 saturated heterocycles. The molecule has 0 amide bonds. The summed E-state index contributed by atoms with van der Waals surface area (Å²) < 4.78 is 29.1. The Bertz CT molecular complexity index is 767. The molecule has 7 heteroatoms. The van der Waals surface area contributed by atoms with Crippen LogP contribution in [-0.2, 0) is 23.5 Å². The number of nitrogen functional groups attached to an aromatic ring is 1. The highest BCUT2D eigenvalue weighted by atomic mass is 32.2. The molecule has 0 spiro atoms. The molecule has 1 atom stereocenters. The van der Waals surface area contributed by atoms with Gasteiger partial charge in [-0.1, -0.05) is 6.07 Å². The van der Waals surface area contributed by atoms with Crippen LogP contribution in [0.15, 0.2) is 35.5 Å². The number of anilines is 1. The Balaban J connectivity index is 1.92. The van der Waals surface area contributed by atoms with Crippen LogP contribution in [0.1, 0.15) is 30.0 Å². The maximum absolute atomic E-state index is 12.5. The van der Waals surface area contributed by atoms with E-state index in [2.05, 4.69) is 9.82 Å². The van der Waals surface area contributed by atoms with Gasteiger partial charge in [0.2, 0.25) is 0 Å². The van der Waals surface area contributed by atoms with Crippen LogP contribution in [0.3, 0.4) is 0 Å². The van der Waals surface area contributed by atoms with Gasteiger partial charge in [-0.3, -0.25) is 4.68 Å². The van der Waals surface area contributed by atoms with Crippen LogP contribution >= 0.6 is 0 Å². The van der Waals surface area contributed by atoms with Gasteiger partial charge in [0.25, 0.3) is 10.0 Å². The van der Waals surface area contributed by atoms with Crippen LogP contribution in [0.2, 0.25) is 0 Å². The number of nitrogens with zero attached hydrogens (tertiary/aromatic N) is 2. The van der Waals surface area contributed by atoms with Crippen molar-refractivity contribution in [3.8, 4) is 0 Å². The zero-order chi connectivity index (χ0) is 15.0. The van der Waals surface area contributed by atoms with Crippen molar-refractivity contribution in [2.75, 3.05) is 5.73 Å². The number of benzene rings is 1. The first-order chi connectivity index (χ1) is 9.97. The predicted octanol–water partition coefficient (Wildman–Crippen LogP) is 1.36. The number of nitrogens with one attached hydrogen (secondary N) is 1. The van der Waals surface area contributed by atoms with Crippen LogP contribution in [0.25, 0.3) is 0 Å². The third kappa shape index (κ3) is 2.66. The van der Waals surface area contributed by atoms with Crippen molar-refractivity contribution < 1.29 is 8.42 Å². The van der Waals surface area contributed by atoms with Gasteiger partial charge in [-0.2, -0.15) is 5.10 Å². The zero-order valence-electron chi connectivity index (χ0n) is 11.8. The molecule has 1 aliphatic carbocycles. The van der Waals surface area contributed by atoms with Crippen molar-refractivity contribution in [1.29, 1.82) is 0 Å². The lowest BCUT2D eigenvalue weighted by Crippen LogP contribution is -2.32. The first kappa shape index (κ1) is 14.1. The second kappa shape index (κ2) is 5.16. The van der Waals surface area contributed by atoms with Gasteiger partial charge >= 0.3 is 0 Å². The van der Waals surface area contributed by atoms with Crippen molar-refractivity contribution in [3.63, 3.8) is 0 Å². The minimum absolute atomic E-state index is 0.171. The van der Waals surface area contributed by atoms with E-state index >= 15 is 0 Å². The molecule has 0 bridgehead atoms. The molecule has 0 aliphatic heterocycles. The number of rotatable bonds is 3. The fraction of sp³-hybridized carbons (Fsp3) is 0.357. The Hall–Kier alpha value is -1.86. The van der Waals surface area contributed by atoms with E-state index in [9.17, 15) is 8.42 Å². The second-order valence-electron chi connectivity index (χ2n) is 5.32. The topological polar surface area (TPSA) is 90.0 Å². The molecule has 3 N–H and O–H groups in total. The standard InChI is InChI=1S/C14H18N4O2S/c1-18-14(7-8-16-18)21(19,20)17-13-4-2-3-10-9-11(15)5-6-12(10)13/h5-9,13,17H,2-4,15H2,1H3. The molecule has 1 aromatic heterocycles. The molecule has 2 aromatic rings. The van der Waals surface area contributed by atoms with Gasteiger partial charge in [-0.05, 0) is 48.6 Å². The Labute approximate surface area is 124 Å². The fourth-order valence-corrected chi connectivity index (χ4v) is 4.20. The highest BCUT2D eigenvalue weighted by Crippen LogP contribution is 2.32. The minimum atomic E-state index is -3.58. The van der Waals surface area contributed by atoms with Crippen LogP contribution in [0.4, 0.5) is 5.69 Å². The first-order valence-corrected chi connectivity index (χ1v) is 8.34. The summed E-state index contributed by atoms with van der Waals surface area (Å²) >= 11 is 0. The normalized spacial score (nSPS) is 18.4. The number of hydrogen-bond acceptors (Lipinski definition) is 4. The van der Waals surface area contributed by atoms with Crippen molar-refractivity contribution in [3.05, 3.63) is 41.6 Å². The molecule has 0 saturated carbocycles. The Morgan fingerprint density at radius 3 is 2.90 bits per heavy atom. The van der Waals surface area contributed by atoms with Gasteiger partial charge in [0, 0.05) is 18.8 Å². The zero-order valence-corrected chi connectivity index (χ0v) is 12.6. The van der Waals surface area contributed by atoms with Crippen molar-refractivity contribution in [2.45, 2.75) is 30.3 Å². The molecule has 3 rings (SSSR count). The van der Waals surface area contributed by atoms with Crippen molar-refractivity contribution in [1.82, 2.24) is 14.5 Å². The summed E-state index contributed by atoms with van der Waals surface area (Å²) in [6.45, 7) is 0. The van der Waals surface area contributed by atoms with Crippen LogP contribution in [-0.4, -0.2) is 18.2 Å². The average molecular weight is 306 g/mol. The smallest absolute Gasteiger partial charge is 0.258 e. The molecule has 1 aromatic carbocycles. The molecule has 0 fully saturated rings. The second-order valence-corrected chi connectivity index (χ2v) is 6.98. The van der Waals surface area contributed by atoms with Crippen molar-refractivity contribution in [2.24, 2.45) is 7.05 Å². The summed E-state index contributed by atoms with van der Waals surface area (Å²) in [5.74, 6) is 0. The number of sulfonamides is 1. The van der Waals surface area contributed by atoms with E-state index in [1.54, 1.807) is 7.05 Å². The van der Waals surface area contributed by atoms with E-state index in [0.29, 0.717) is 5.69 Å². The van der Waals surface area contributed by atoms with Crippen LogP contribution in [0.5, 0.6) is 0 Å². The first-order valence-electron chi connectivity index (χ1n) is 6.86. The SMILES string of the molecule is Cn1nccc1S(=O)(=O)NC1CCCc2cc(N)ccc21. The van der Waals surface area contributed by atoms with E-state index in [0.717, 1.165) is 30.4 Å². The predicted molar refractivity (Wildman–Crippen MR) is 80.1 cm³/mol. The number of hydrogen-bond donors (Lipinski definition) is 2. The Kier molecular flexibility index (Phi) is 3.46. The van der Waals surface area contributed by atoms with E-state index in [1.807, 2.05) is 18.2 Å². The highest BCUT2D eigenvalue weighted by Gasteiger charge is 2.27. The molecule has 1 aliphatic rings. The summed E-state index contributed by atoms with van der Waals surface area (Å²) in [6, 6.07) is 6.94. The van der Waals surface area contributed by atoms with Gasteiger partial charge in [0.15, 0.2) is 5.03 Å². The summed E-state index contributed by atoms with van der Waals surface area (Å²) in [4.78, 5) is 0. The van der Waals surface area contributed by atoms with Gasteiger partial charge < -0.3 is 5.73 Å². The largest absolute Gasteiger partial charge is 0.399 e. The third-order valence-electron chi connectivity index (χ3n) is 3.83. The molecule has 1 heterocycles. The summed E-state index contributed by atoms with van der Waals surface area (Å²) in [5, 5.41) is 4.08. The molecule has 1 unspecified atom stereocenters. The minimum Gasteiger partial charge on any atom is -0.399 e. The van der Waals surface area contributed by atoms with Gasteiger partial charge in [-0.15, -0.1) is 0 Å². The van der Waals surface area contributed by atoms with Crippen LogP contribution in [0, 0.1) is 0 Å². The summed E-state index contributed by atoms with van der Waals surface area (Å²) in [5.41, 5.74) is 8.65. The van der Waals surface area contributed by atoms with Gasteiger partial charge in [0.05, 0.1) is 6.20 Å². The lowest BCUT2D eigenvalue weighted by Gasteiger charge is -2.26. The molecule has 6 nitrogen and oxygen atoms in total. The molecular formula is C14H18N4O2S. The number of aromatic nitrogens is 2. The maximum atomic E-state index is 12.5. The highest BCUT2D eigenvalue weighted by molar-refractivity contribution is 7.89. The number of nitrogens with two attached hydrogens (primary N) is 1. The Morgan fingerprint density at radius 1 is 1.38 bits per heavy atom. The summed E-state index contributed by atoms with van der Waals surface area (Å²) in [7, 11) is -1.97. The molecule has 112 valence electrons. The average Bonchev–Trinajstić information content (AvgIpc) is 2.85. The van der Waals surface area contributed by atoms with Crippen LogP contribution < -0.4 is 10.5 Å².